The van der Waals surface area contributed by atoms with E-state index in [1.54, 1.807) is 0 Å². The third-order valence-corrected chi connectivity index (χ3v) is 10.4. The summed E-state index contributed by atoms with van der Waals surface area (Å²) in [6, 6.07) is 9.40. The highest BCUT2D eigenvalue weighted by molar-refractivity contribution is 5.89. The molecule has 31 heavy (non-hydrogen) atoms. The van der Waals surface area contributed by atoms with Crippen LogP contribution in [0.5, 0.6) is 0 Å². The van der Waals surface area contributed by atoms with Crippen molar-refractivity contribution in [3.05, 3.63) is 35.9 Å². The number of fused-ring (bicyclic) bond motifs is 5. The first-order chi connectivity index (χ1) is 14.8. The van der Waals surface area contributed by atoms with Crippen molar-refractivity contribution < 1.29 is 14.3 Å². The third kappa shape index (κ3) is 3.38. The summed E-state index contributed by atoms with van der Waals surface area (Å²) >= 11 is 0. The predicted octanol–water partition coefficient (Wildman–Crippen LogP) is 6.46. The summed E-state index contributed by atoms with van der Waals surface area (Å²) in [4.78, 5) is 24.8. The Morgan fingerprint density at radius 2 is 1.71 bits per heavy atom. The Hall–Kier alpha value is -1.64. The monoisotopic (exact) mass is 422 g/mol. The Bertz CT molecular complexity index is 847. The maximum absolute atomic E-state index is 12.7. The van der Waals surface area contributed by atoms with Crippen LogP contribution in [0.1, 0.15) is 88.9 Å². The van der Waals surface area contributed by atoms with Gasteiger partial charge in [-0.05, 0) is 98.5 Å². The zero-order valence-electron chi connectivity index (χ0n) is 19.4. The summed E-state index contributed by atoms with van der Waals surface area (Å²) in [5, 5.41) is 0. The molecule has 0 heterocycles. The van der Waals surface area contributed by atoms with Gasteiger partial charge in [0.05, 0.1) is 5.56 Å². The van der Waals surface area contributed by atoms with Crippen molar-refractivity contribution in [2.75, 3.05) is 0 Å². The van der Waals surface area contributed by atoms with Crippen molar-refractivity contribution >= 4 is 11.8 Å². The molecule has 0 amide bonds. The maximum Gasteiger partial charge on any atom is 0.338 e. The van der Waals surface area contributed by atoms with E-state index in [0.717, 1.165) is 37.0 Å². The van der Waals surface area contributed by atoms with Crippen LogP contribution < -0.4 is 0 Å². The molecular formula is C28H38O3. The molecule has 1 aromatic carbocycles. The smallest absolute Gasteiger partial charge is 0.338 e. The number of carbonyl (C=O) groups excluding carboxylic acids is 2. The first kappa shape index (κ1) is 21.2. The minimum absolute atomic E-state index is 0.0431. The average Bonchev–Trinajstić information content (AvgIpc) is 3.12. The molecule has 5 rings (SSSR count). The number of hydrogen-bond donors (Lipinski definition) is 0. The van der Waals surface area contributed by atoms with Crippen LogP contribution in [0, 0.1) is 40.4 Å². The molecule has 1 unspecified atom stereocenters. The van der Waals surface area contributed by atoms with Gasteiger partial charge in [-0.25, -0.2) is 4.79 Å². The van der Waals surface area contributed by atoms with Crippen LogP contribution in [-0.4, -0.2) is 17.9 Å². The number of rotatable bonds is 3. The van der Waals surface area contributed by atoms with E-state index < -0.39 is 0 Å². The first-order valence-electron chi connectivity index (χ1n) is 12.6. The number of esters is 1. The van der Waals surface area contributed by atoms with Crippen LogP contribution >= 0.6 is 0 Å². The van der Waals surface area contributed by atoms with E-state index in [-0.39, 0.29) is 17.5 Å². The second kappa shape index (κ2) is 7.74. The van der Waals surface area contributed by atoms with E-state index >= 15 is 0 Å². The number of benzene rings is 1. The standard InChI is InChI=1S/C28H38O3/c1-18(31-26(30)19-7-5-4-6-8-19)23-11-12-24-22-10-9-20-17-21(29)13-15-27(20,2)25(22)14-16-28(23,24)3/h4-8,18,20,22-25H,9-17H2,1-3H3/t18?,20-,22-,23-,24-,25-,27-,28+/m0/s1. The molecule has 0 aromatic heterocycles. The van der Waals surface area contributed by atoms with Crippen LogP contribution in [0.2, 0.25) is 0 Å². The van der Waals surface area contributed by atoms with Gasteiger partial charge in [-0.15, -0.1) is 0 Å². The Morgan fingerprint density at radius 1 is 0.968 bits per heavy atom. The number of Topliss-reactive ketones (excluding diaryl/α,β-unsaturated/α-hetero) is 1. The van der Waals surface area contributed by atoms with Crippen LogP contribution in [0.25, 0.3) is 0 Å². The number of hydrogen-bond acceptors (Lipinski definition) is 3. The molecule has 4 aliphatic rings. The van der Waals surface area contributed by atoms with Crippen LogP contribution in [0.15, 0.2) is 30.3 Å². The molecule has 0 N–H and O–H groups in total. The summed E-state index contributed by atoms with van der Waals surface area (Å²) in [6.45, 7) is 7.13. The summed E-state index contributed by atoms with van der Waals surface area (Å²) in [7, 11) is 0. The molecule has 0 aliphatic heterocycles. The Labute approximate surface area is 187 Å². The van der Waals surface area contributed by atoms with Crippen molar-refractivity contribution in [1.82, 2.24) is 0 Å². The Kier molecular flexibility index (Phi) is 5.30. The Morgan fingerprint density at radius 3 is 2.48 bits per heavy atom. The van der Waals surface area contributed by atoms with E-state index in [9.17, 15) is 9.59 Å². The van der Waals surface area contributed by atoms with Gasteiger partial charge in [0.1, 0.15) is 11.9 Å². The van der Waals surface area contributed by atoms with E-state index in [4.69, 9.17) is 4.74 Å². The Balaban J connectivity index is 1.32. The molecule has 4 aliphatic carbocycles. The minimum atomic E-state index is -0.186. The topological polar surface area (TPSA) is 43.4 Å². The largest absolute Gasteiger partial charge is 0.459 e. The molecule has 1 aromatic rings. The quantitative estimate of drug-likeness (QED) is 0.525. The average molecular weight is 423 g/mol. The van der Waals surface area contributed by atoms with E-state index in [0.29, 0.717) is 28.6 Å². The number of ketones is 1. The lowest BCUT2D eigenvalue weighted by atomic mass is 9.44. The van der Waals surface area contributed by atoms with Crippen LogP contribution in [0.3, 0.4) is 0 Å². The van der Waals surface area contributed by atoms with E-state index in [2.05, 4.69) is 20.8 Å². The second-order valence-electron chi connectivity index (χ2n) is 11.6. The number of carbonyl (C=O) groups is 2. The lowest BCUT2D eigenvalue weighted by Gasteiger charge is -2.60. The second-order valence-corrected chi connectivity index (χ2v) is 11.6. The molecule has 4 saturated carbocycles. The fourth-order valence-corrected chi connectivity index (χ4v) is 8.75. The van der Waals surface area contributed by atoms with Gasteiger partial charge in [-0.2, -0.15) is 0 Å². The van der Waals surface area contributed by atoms with Gasteiger partial charge in [-0.3, -0.25) is 4.79 Å². The molecular weight excluding hydrogens is 384 g/mol. The molecule has 3 heteroatoms. The van der Waals surface area contributed by atoms with Crippen molar-refractivity contribution in [3.63, 3.8) is 0 Å². The van der Waals surface area contributed by atoms with Gasteiger partial charge in [-0.1, -0.05) is 32.0 Å². The van der Waals surface area contributed by atoms with Gasteiger partial charge in [0.25, 0.3) is 0 Å². The van der Waals surface area contributed by atoms with Crippen molar-refractivity contribution in [2.45, 2.75) is 84.7 Å². The van der Waals surface area contributed by atoms with Gasteiger partial charge in [0.15, 0.2) is 0 Å². The molecule has 4 fully saturated rings. The normalized spacial score (nSPS) is 42.8. The zero-order valence-corrected chi connectivity index (χ0v) is 19.4. The van der Waals surface area contributed by atoms with Gasteiger partial charge in [0.2, 0.25) is 0 Å². The zero-order chi connectivity index (χ0) is 21.8. The highest BCUT2D eigenvalue weighted by Gasteiger charge is 2.61. The van der Waals surface area contributed by atoms with Crippen LogP contribution in [0.4, 0.5) is 0 Å². The van der Waals surface area contributed by atoms with Gasteiger partial charge in [0, 0.05) is 18.8 Å². The maximum atomic E-state index is 12.7. The summed E-state index contributed by atoms with van der Waals surface area (Å²) in [6.07, 6.45) is 10.2. The summed E-state index contributed by atoms with van der Waals surface area (Å²) in [5.74, 6) is 3.68. The molecule has 3 nitrogen and oxygen atoms in total. The molecule has 168 valence electrons. The number of ether oxygens (including phenoxy) is 1. The highest BCUT2D eigenvalue weighted by atomic mass is 16.5. The third-order valence-electron chi connectivity index (χ3n) is 10.4. The minimum Gasteiger partial charge on any atom is -0.459 e. The van der Waals surface area contributed by atoms with E-state index in [1.807, 2.05) is 30.3 Å². The lowest BCUT2D eigenvalue weighted by molar-refractivity contribution is -0.141. The predicted molar refractivity (Wildman–Crippen MR) is 122 cm³/mol. The van der Waals surface area contributed by atoms with Crippen molar-refractivity contribution in [3.8, 4) is 0 Å². The fraction of sp³-hybridized carbons (Fsp3) is 0.714. The van der Waals surface area contributed by atoms with Gasteiger partial charge < -0.3 is 4.74 Å². The lowest BCUT2D eigenvalue weighted by Crippen LogP contribution is -2.54. The molecule has 0 saturated heterocycles. The molecule has 8 atom stereocenters. The van der Waals surface area contributed by atoms with Crippen molar-refractivity contribution in [1.29, 1.82) is 0 Å². The fourth-order valence-electron chi connectivity index (χ4n) is 8.75. The summed E-state index contributed by atoms with van der Waals surface area (Å²) in [5.41, 5.74) is 1.28. The van der Waals surface area contributed by atoms with E-state index in [1.165, 1.54) is 38.5 Å². The van der Waals surface area contributed by atoms with Crippen LogP contribution in [-0.2, 0) is 9.53 Å². The molecule has 0 radical (unpaired) electrons. The van der Waals surface area contributed by atoms with Crippen molar-refractivity contribution in [2.24, 2.45) is 40.4 Å². The first-order valence-corrected chi connectivity index (χ1v) is 12.6. The SMILES string of the molecule is CC(OC(=O)c1ccccc1)[C@@H]1CC[C@H]2[C@@H]3CC[C@H]4CC(=O)CC[C@]4(C)[C@H]3CC[C@]12C. The highest BCUT2D eigenvalue weighted by Crippen LogP contribution is 2.67. The van der Waals surface area contributed by atoms with Gasteiger partial charge >= 0.3 is 5.97 Å². The molecule has 0 spiro atoms. The summed E-state index contributed by atoms with van der Waals surface area (Å²) < 4.78 is 6.01. The molecule has 0 bridgehead atoms.